The number of rotatable bonds is 3. The Balaban J connectivity index is 1.64. The molecule has 5 nitrogen and oxygen atoms in total. The lowest BCUT2D eigenvalue weighted by molar-refractivity contribution is 0.122. The van der Waals surface area contributed by atoms with E-state index in [-0.39, 0.29) is 0 Å². The fourth-order valence-electron chi connectivity index (χ4n) is 3.46. The van der Waals surface area contributed by atoms with E-state index in [4.69, 9.17) is 14.7 Å². The predicted molar refractivity (Wildman–Crippen MR) is 115 cm³/mol. The molecular weight excluding hydrogens is 416 g/mol. The molecule has 4 aromatic rings. The number of nitrogens with one attached hydrogen (secondary N) is 1. The van der Waals surface area contributed by atoms with Gasteiger partial charge in [-0.1, -0.05) is 46.3 Å². The highest BCUT2D eigenvalue weighted by molar-refractivity contribution is 9.10. The van der Waals surface area contributed by atoms with E-state index in [9.17, 15) is 0 Å². The van der Waals surface area contributed by atoms with Gasteiger partial charge in [-0.15, -0.1) is 0 Å². The number of para-hydroxylation sites is 1. The molecule has 0 atom stereocenters. The van der Waals surface area contributed by atoms with Crippen molar-refractivity contribution in [2.24, 2.45) is 0 Å². The van der Waals surface area contributed by atoms with Crippen LogP contribution in [0.5, 0.6) is 0 Å². The standard InChI is InChI=1S/C22H19BrN4O/c23-17-7-5-15(6-8-17)19-14-21(20-13-16-3-1-2-4-18(16)24-20)26-22(25-19)27-9-11-28-12-10-27/h1-8,13-14,24H,9-12H2. The zero-order valence-electron chi connectivity index (χ0n) is 15.2. The third-order valence-electron chi connectivity index (χ3n) is 4.95. The van der Waals surface area contributed by atoms with Gasteiger partial charge in [0.2, 0.25) is 5.95 Å². The summed E-state index contributed by atoms with van der Waals surface area (Å²) in [6.07, 6.45) is 0. The molecular formula is C22H19BrN4O. The first-order valence-corrected chi connectivity index (χ1v) is 10.1. The third-order valence-corrected chi connectivity index (χ3v) is 5.48. The van der Waals surface area contributed by atoms with Crippen LogP contribution in [0.2, 0.25) is 0 Å². The van der Waals surface area contributed by atoms with Crippen LogP contribution in [0, 0.1) is 0 Å². The minimum atomic E-state index is 0.702. The van der Waals surface area contributed by atoms with Crippen molar-refractivity contribution < 1.29 is 4.74 Å². The van der Waals surface area contributed by atoms with Crippen LogP contribution < -0.4 is 4.90 Å². The van der Waals surface area contributed by atoms with Gasteiger partial charge >= 0.3 is 0 Å². The molecule has 1 fully saturated rings. The summed E-state index contributed by atoms with van der Waals surface area (Å²) in [5.41, 5.74) is 4.98. The Morgan fingerprint density at radius 2 is 1.64 bits per heavy atom. The number of aromatic nitrogens is 3. The zero-order valence-corrected chi connectivity index (χ0v) is 16.8. The maximum Gasteiger partial charge on any atom is 0.226 e. The topological polar surface area (TPSA) is 54.0 Å². The first kappa shape index (κ1) is 17.4. The van der Waals surface area contributed by atoms with Crippen LogP contribution in [0.4, 0.5) is 5.95 Å². The Morgan fingerprint density at radius 1 is 0.893 bits per heavy atom. The zero-order chi connectivity index (χ0) is 18.9. The van der Waals surface area contributed by atoms with E-state index in [1.165, 1.54) is 5.39 Å². The molecule has 0 radical (unpaired) electrons. The molecule has 1 aliphatic heterocycles. The third kappa shape index (κ3) is 3.41. The van der Waals surface area contributed by atoms with E-state index in [2.05, 4.69) is 62.2 Å². The van der Waals surface area contributed by atoms with E-state index in [0.29, 0.717) is 13.2 Å². The Labute approximate surface area is 171 Å². The summed E-state index contributed by atoms with van der Waals surface area (Å²) in [4.78, 5) is 15.4. The number of anilines is 1. The van der Waals surface area contributed by atoms with Gasteiger partial charge in [0.15, 0.2) is 0 Å². The average Bonchev–Trinajstić information content (AvgIpc) is 3.19. The number of morpholine rings is 1. The van der Waals surface area contributed by atoms with Crippen molar-refractivity contribution >= 4 is 32.8 Å². The lowest BCUT2D eigenvalue weighted by Crippen LogP contribution is -2.37. The summed E-state index contributed by atoms with van der Waals surface area (Å²) in [7, 11) is 0. The molecule has 28 heavy (non-hydrogen) atoms. The van der Waals surface area contributed by atoms with Gasteiger partial charge in [0.25, 0.3) is 0 Å². The van der Waals surface area contributed by atoms with Crippen molar-refractivity contribution in [1.82, 2.24) is 15.0 Å². The molecule has 2 aromatic heterocycles. The maximum atomic E-state index is 5.50. The highest BCUT2D eigenvalue weighted by Gasteiger charge is 2.17. The summed E-state index contributed by atoms with van der Waals surface area (Å²) in [5.74, 6) is 0.748. The van der Waals surface area contributed by atoms with E-state index < -0.39 is 0 Å². The van der Waals surface area contributed by atoms with Crippen LogP contribution in [-0.4, -0.2) is 41.3 Å². The number of ether oxygens (including phenoxy) is 1. The molecule has 1 N–H and O–H groups in total. The number of halogens is 1. The molecule has 0 amide bonds. The molecule has 0 aliphatic carbocycles. The lowest BCUT2D eigenvalue weighted by Gasteiger charge is -2.27. The second-order valence-corrected chi connectivity index (χ2v) is 7.73. The first-order chi connectivity index (χ1) is 13.8. The lowest BCUT2D eigenvalue weighted by atomic mass is 10.1. The molecule has 1 aliphatic rings. The van der Waals surface area contributed by atoms with Crippen LogP contribution >= 0.6 is 15.9 Å². The van der Waals surface area contributed by atoms with Gasteiger partial charge in [0, 0.05) is 34.0 Å². The highest BCUT2D eigenvalue weighted by Crippen LogP contribution is 2.29. The van der Waals surface area contributed by atoms with E-state index >= 15 is 0 Å². The minimum Gasteiger partial charge on any atom is -0.378 e. The quantitative estimate of drug-likeness (QED) is 0.498. The van der Waals surface area contributed by atoms with E-state index in [0.717, 1.165) is 51.7 Å². The smallest absolute Gasteiger partial charge is 0.226 e. The summed E-state index contributed by atoms with van der Waals surface area (Å²) in [6, 6.07) is 20.7. The molecule has 1 saturated heterocycles. The fourth-order valence-corrected chi connectivity index (χ4v) is 3.72. The molecule has 5 rings (SSSR count). The number of H-pyrrole nitrogens is 1. The maximum absolute atomic E-state index is 5.50. The van der Waals surface area contributed by atoms with Crippen molar-refractivity contribution in [2.75, 3.05) is 31.2 Å². The van der Waals surface area contributed by atoms with Gasteiger partial charge in [-0.25, -0.2) is 9.97 Å². The van der Waals surface area contributed by atoms with Crippen molar-refractivity contribution in [1.29, 1.82) is 0 Å². The molecule has 0 bridgehead atoms. The Morgan fingerprint density at radius 3 is 2.43 bits per heavy atom. The van der Waals surface area contributed by atoms with Gasteiger partial charge in [-0.2, -0.15) is 0 Å². The Hall–Kier alpha value is -2.70. The van der Waals surface area contributed by atoms with Crippen LogP contribution in [0.15, 0.2) is 65.1 Å². The van der Waals surface area contributed by atoms with Crippen LogP contribution in [0.3, 0.4) is 0 Å². The van der Waals surface area contributed by atoms with Gasteiger partial charge in [-0.05, 0) is 30.3 Å². The van der Waals surface area contributed by atoms with Crippen LogP contribution in [0.25, 0.3) is 33.5 Å². The first-order valence-electron chi connectivity index (χ1n) is 9.32. The summed E-state index contributed by atoms with van der Waals surface area (Å²) >= 11 is 3.51. The average molecular weight is 435 g/mol. The van der Waals surface area contributed by atoms with Gasteiger partial charge in [-0.3, -0.25) is 0 Å². The fraction of sp³-hybridized carbons (Fsp3) is 0.182. The number of benzene rings is 2. The second kappa shape index (κ2) is 7.37. The van der Waals surface area contributed by atoms with Gasteiger partial charge in [0.05, 0.1) is 30.3 Å². The molecule has 0 unspecified atom stereocenters. The minimum absolute atomic E-state index is 0.702. The number of fused-ring (bicyclic) bond motifs is 1. The van der Waals surface area contributed by atoms with Crippen molar-refractivity contribution in [2.45, 2.75) is 0 Å². The summed E-state index contributed by atoms with van der Waals surface area (Å²) in [6.45, 7) is 3.01. The molecule has 140 valence electrons. The van der Waals surface area contributed by atoms with Crippen molar-refractivity contribution in [3.63, 3.8) is 0 Å². The largest absolute Gasteiger partial charge is 0.378 e. The normalized spacial score (nSPS) is 14.5. The monoisotopic (exact) mass is 434 g/mol. The van der Waals surface area contributed by atoms with Crippen LogP contribution in [-0.2, 0) is 4.74 Å². The van der Waals surface area contributed by atoms with Gasteiger partial charge < -0.3 is 14.6 Å². The number of hydrogen-bond donors (Lipinski definition) is 1. The van der Waals surface area contributed by atoms with Crippen molar-refractivity contribution in [3.05, 3.63) is 65.1 Å². The summed E-state index contributed by atoms with van der Waals surface area (Å²) in [5, 5.41) is 1.18. The molecule has 0 saturated carbocycles. The number of hydrogen-bond acceptors (Lipinski definition) is 4. The van der Waals surface area contributed by atoms with Gasteiger partial charge in [0.1, 0.15) is 0 Å². The highest BCUT2D eigenvalue weighted by atomic mass is 79.9. The summed E-state index contributed by atoms with van der Waals surface area (Å²) < 4.78 is 6.55. The molecule has 6 heteroatoms. The van der Waals surface area contributed by atoms with E-state index in [1.807, 2.05) is 24.3 Å². The molecule has 0 spiro atoms. The Bertz CT molecular complexity index is 1080. The Kier molecular flexibility index (Phi) is 4.58. The predicted octanol–water partition coefficient (Wildman–Crippen LogP) is 4.89. The van der Waals surface area contributed by atoms with E-state index in [1.54, 1.807) is 0 Å². The number of aromatic amines is 1. The SMILES string of the molecule is Brc1ccc(-c2cc(-c3cc4ccccc4[nH]3)nc(N3CCOCC3)n2)cc1. The molecule has 3 heterocycles. The number of nitrogens with zero attached hydrogens (tertiary/aromatic N) is 3. The molecule has 2 aromatic carbocycles. The second-order valence-electron chi connectivity index (χ2n) is 6.82. The van der Waals surface area contributed by atoms with Crippen molar-refractivity contribution in [3.8, 4) is 22.6 Å². The van der Waals surface area contributed by atoms with Crippen LogP contribution in [0.1, 0.15) is 0 Å².